The van der Waals surface area contributed by atoms with Crippen molar-refractivity contribution < 1.29 is 9.13 Å². The molecule has 5 rings (SSSR count). The summed E-state index contributed by atoms with van der Waals surface area (Å²) in [5.41, 5.74) is 5.46. The van der Waals surface area contributed by atoms with Crippen LogP contribution in [0.1, 0.15) is 11.1 Å². The molecule has 1 aromatic heterocycles. The molecule has 0 aliphatic carbocycles. The first-order chi connectivity index (χ1) is 14.6. The number of rotatable bonds is 4. The summed E-state index contributed by atoms with van der Waals surface area (Å²) in [4.78, 5) is 4.72. The number of piperazine rings is 1. The van der Waals surface area contributed by atoms with E-state index in [2.05, 4.69) is 56.7 Å². The zero-order valence-electron chi connectivity index (χ0n) is 17.1. The van der Waals surface area contributed by atoms with Gasteiger partial charge in [0.25, 0.3) is 0 Å². The summed E-state index contributed by atoms with van der Waals surface area (Å²) >= 11 is 0. The molecule has 1 saturated heterocycles. The molecular formula is C24H25FN4O. The first-order valence-electron chi connectivity index (χ1n) is 10.2. The molecule has 0 radical (unpaired) electrons. The lowest BCUT2D eigenvalue weighted by atomic mass is 10.1. The minimum absolute atomic E-state index is 0.273. The van der Waals surface area contributed by atoms with E-state index in [0.717, 1.165) is 61.2 Å². The Labute approximate surface area is 176 Å². The van der Waals surface area contributed by atoms with Crippen molar-refractivity contribution in [2.45, 2.75) is 6.54 Å². The molecular weight excluding hydrogens is 379 g/mol. The molecule has 0 amide bonds. The molecule has 2 aliphatic rings. The number of anilines is 2. The number of nitrogens with one attached hydrogen (secondary N) is 1. The van der Waals surface area contributed by atoms with Crippen molar-refractivity contribution in [1.29, 1.82) is 0 Å². The van der Waals surface area contributed by atoms with Gasteiger partial charge in [0.1, 0.15) is 17.4 Å². The average Bonchev–Trinajstić information content (AvgIpc) is 3.17. The van der Waals surface area contributed by atoms with Crippen LogP contribution in [0.3, 0.4) is 0 Å². The molecule has 0 bridgehead atoms. The summed E-state index contributed by atoms with van der Waals surface area (Å²) < 4.78 is 21.1. The topological polar surface area (TPSA) is 32.7 Å². The maximum Gasteiger partial charge on any atom is 0.145 e. The second kappa shape index (κ2) is 7.54. The van der Waals surface area contributed by atoms with Crippen LogP contribution in [0.25, 0.3) is 11.4 Å². The van der Waals surface area contributed by atoms with Crippen molar-refractivity contribution >= 4 is 17.2 Å². The first kappa shape index (κ1) is 18.8. The molecule has 2 aromatic carbocycles. The fourth-order valence-electron chi connectivity index (χ4n) is 4.38. The fourth-order valence-corrected chi connectivity index (χ4v) is 4.38. The fraction of sp³-hybridized carbons (Fsp3) is 0.250. The molecule has 6 heteroatoms. The predicted octanol–water partition coefficient (Wildman–Crippen LogP) is 4.34. The lowest BCUT2D eigenvalue weighted by molar-refractivity contribution is 0.249. The maximum atomic E-state index is 13.5. The van der Waals surface area contributed by atoms with E-state index in [-0.39, 0.29) is 5.82 Å². The lowest BCUT2D eigenvalue weighted by Gasteiger charge is -2.36. The number of para-hydroxylation sites is 1. The number of methoxy groups -OCH3 is 1. The minimum Gasteiger partial charge on any atom is -0.494 e. The van der Waals surface area contributed by atoms with Gasteiger partial charge in [0, 0.05) is 56.2 Å². The van der Waals surface area contributed by atoms with E-state index in [4.69, 9.17) is 4.74 Å². The van der Waals surface area contributed by atoms with Crippen LogP contribution in [-0.2, 0) is 6.54 Å². The smallest absolute Gasteiger partial charge is 0.145 e. The Bertz CT molecular complexity index is 1100. The minimum atomic E-state index is -0.273. The third kappa shape index (κ3) is 3.33. The van der Waals surface area contributed by atoms with Gasteiger partial charge in [-0.15, -0.1) is 0 Å². The second-order valence-electron chi connectivity index (χ2n) is 7.80. The molecule has 0 spiro atoms. The number of hydrogen-bond donors (Lipinski definition) is 1. The van der Waals surface area contributed by atoms with Crippen molar-refractivity contribution in [3.63, 3.8) is 0 Å². The Morgan fingerprint density at radius 3 is 2.63 bits per heavy atom. The largest absolute Gasteiger partial charge is 0.494 e. The molecule has 1 fully saturated rings. The highest BCUT2D eigenvalue weighted by atomic mass is 19.1. The van der Waals surface area contributed by atoms with E-state index in [0.29, 0.717) is 5.75 Å². The molecule has 0 atom stereocenters. The number of aromatic nitrogens is 1. The Morgan fingerprint density at radius 1 is 1.03 bits per heavy atom. The number of halogens is 1. The van der Waals surface area contributed by atoms with Crippen LogP contribution in [-0.4, -0.2) is 42.8 Å². The van der Waals surface area contributed by atoms with Gasteiger partial charge in [-0.25, -0.2) is 4.39 Å². The number of benzene rings is 2. The van der Waals surface area contributed by atoms with E-state index >= 15 is 0 Å². The average molecular weight is 404 g/mol. The van der Waals surface area contributed by atoms with Gasteiger partial charge in [0.2, 0.25) is 0 Å². The van der Waals surface area contributed by atoms with Gasteiger partial charge in [-0.05, 0) is 29.8 Å². The van der Waals surface area contributed by atoms with Crippen molar-refractivity contribution in [3.8, 4) is 11.4 Å². The van der Waals surface area contributed by atoms with Gasteiger partial charge in [0.15, 0.2) is 0 Å². The van der Waals surface area contributed by atoms with Crippen molar-refractivity contribution in [2.24, 2.45) is 0 Å². The van der Waals surface area contributed by atoms with Gasteiger partial charge in [-0.1, -0.05) is 24.8 Å². The summed E-state index contributed by atoms with van der Waals surface area (Å²) in [6.45, 7) is 8.70. The molecule has 1 N–H and O–H groups in total. The van der Waals surface area contributed by atoms with Gasteiger partial charge in [0.05, 0.1) is 18.5 Å². The summed E-state index contributed by atoms with van der Waals surface area (Å²) in [5.74, 6) is 1.38. The normalized spacial score (nSPS) is 16.1. The number of ether oxygens (including phenoxy) is 1. The second-order valence-corrected chi connectivity index (χ2v) is 7.80. The van der Waals surface area contributed by atoms with Crippen molar-refractivity contribution in [3.05, 3.63) is 78.3 Å². The Morgan fingerprint density at radius 2 is 1.83 bits per heavy atom. The van der Waals surface area contributed by atoms with Crippen molar-refractivity contribution in [2.75, 3.05) is 43.5 Å². The van der Waals surface area contributed by atoms with E-state index in [9.17, 15) is 4.39 Å². The van der Waals surface area contributed by atoms with Gasteiger partial charge < -0.3 is 19.5 Å². The van der Waals surface area contributed by atoms with E-state index < -0.39 is 0 Å². The Kier molecular flexibility index (Phi) is 4.71. The third-order valence-electron chi connectivity index (χ3n) is 5.91. The number of nitrogens with zero attached hydrogens (tertiary/aromatic N) is 3. The number of hydrogen-bond acceptors (Lipinski definition) is 4. The first-order valence-corrected chi connectivity index (χ1v) is 10.2. The van der Waals surface area contributed by atoms with Crippen LogP contribution in [0.4, 0.5) is 15.9 Å². The molecule has 30 heavy (non-hydrogen) atoms. The van der Waals surface area contributed by atoms with Crippen LogP contribution >= 0.6 is 0 Å². The van der Waals surface area contributed by atoms with E-state index in [1.54, 1.807) is 7.11 Å². The molecule has 0 unspecified atom stereocenters. The molecule has 0 saturated carbocycles. The molecule has 3 heterocycles. The molecule has 2 aliphatic heterocycles. The summed E-state index contributed by atoms with van der Waals surface area (Å²) in [5, 5.41) is 3.42. The standard InChI is InChI=1S/C24H25FN4O/c1-17-20-5-3-4-6-21(20)29-16-18(13-24(29)26-17)15-27-9-11-28(12-10-27)22-8-7-19(25)14-23(22)30-2/h3-8,13-14,16,26H,1,9-12,15H2,2H3. The monoisotopic (exact) mass is 404 g/mol. The zero-order chi connectivity index (χ0) is 20.7. The molecule has 154 valence electrons. The third-order valence-corrected chi connectivity index (χ3v) is 5.91. The highest BCUT2D eigenvalue weighted by Crippen LogP contribution is 2.34. The van der Waals surface area contributed by atoms with Gasteiger partial charge >= 0.3 is 0 Å². The van der Waals surface area contributed by atoms with E-state index in [1.807, 2.05) is 12.1 Å². The highest BCUT2D eigenvalue weighted by molar-refractivity contribution is 5.83. The van der Waals surface area contributed by atoms with Gasteiger partial charge in [-0.2, -0.15) is 0 Å². The Hall–Kier alpha value is -3.25. The predicted molar refractivity (Wildman–Crippen MR) is 119 cm³/mol. The van der Waals surface area contributed by atoms with Crippen LogP contribution in [0.5, 0.6) is 5.75 Å². The van der Waals surface area contributed by atoms with E-state index in [1.165, 1.54) is 17.7 Å². The highest BCUT2D eigenvalue weighted by Gasteiger charge is 2.22. The summed E-state index contributed by atoms with van der Waals surface area (Å²) in [6.07, 6.45) is 2.21. The Balaban J connectivity index is 1.28. The SMILES string of the molecule is C=C1Nc2cc(CN3CCN(c4ccc(F)cc4OC)CC3)cn2-c2ccccc21. The van der Waals surface area contributed by atoms with Crippen LogP contribution < -0.4 is 15.0 Å². The molecule has 3 aromatic rings. The maximum absolute atomic E-state index is 13.5. The van der Waals surface area contributed by atoms with Crippen LogP contribution in [0.2, 0.25) is 0 Å². The zero-order valence-corrected chi connectivity index (χ0v) is 17.1. The summed E-state index contributed by atoms with van der Waals surface area (Å²) in [6, 6.07) is 15.3. The van der Waals surface area contributed by atoms with Gasteiger partial charge in [-0.3, -0.25) is 4.90 Å². The van der Waals surface area contributed by atoms with Crippen molar-refractivity contribution in [1.82, 2.24) is 9.47 Å². The number of fused-ring (bicyclic) bond motifs is 3. The van der Waals surface area contributed by atoms with Crippen LogP contribution in [0.15, 0.2) is 61.3 Å². The molecule has 5 nitrogen and oxygen atoms in total. The van der Waals surface area contributed by atoms with Crippen LogP contribution in [0, 0.1) is 5.82 Å². The lowest BCUT2D eigenvalue weighted by Crippen LogP contribution is -2.46. The quantitative estimate of drug-likeness (QED) is 0.701. The summed E-state index contributed by atoms with van der Waals surface area (Å²) in [7, 11) is 1.59.